The molecule has 3 heterocycles. The highest BCUT2D eigenvalue weighted by molar-refractivity contribution is 6.30. The summed E-state index contributed by atoms with van der Waals surface area (Å²) in [5, 5.41) is 3.27. The van der Waals surface area contributed by atoms with E-state index in [0.29, 0.717) is 44.6 Å². The van der Waals surface area contributed by atoms with E-state index in [-0.39, 0.29) is 24.9 Å². The molecule has 0 saturated carbocycles. The van der Waals surface area contributed by atoms with Gasteiger partial charge in [-0.3, -0.25) is 9.69 Å². The van der Waals surface area contributed by atoms with Gasteiger partial charge in [0.05, 0.1) is 30.2 Å². The van der Waals surface area contributed by atoms with Gasteiger partial charge < -0.3 is 14.5 Å². The molecule has 0 aliphatic carbocycles. The molecule has 2 amide bonds. The Balaban J connectivity index is 1.25. The second kappa shape index (κ2) is 9.91. The van der Waals surface area contributed by atoms with Crippen LogP contribution in [-0.2, 0) is 4.74 Å². The standard InChI is InChI=1S/C27H22ClN5O4/c1-15(2)21-10-19(29-3)11-22-24(21)37-26(32-22)17-6-4-16(5-7-17)25(34)31-13-20-14-33(27(35)36-20)23-9-8-18(28)12-30-23/h4-12,15,20H,13-14H2,1-2H3,(H,31,34). The van der Waals surface area contributed by atoms with Gasteiger partial charge in [-0.05, 0) is 60.0 Å². The second-order valence-corrected chi connectivity index (χ2v) is 9.34. The predicted molar refractivity (Wildman–Crippen MR) is 139 cm³/mol. The molecule has 1 fully saturated rings. The van der Waals surface area contributed by atoms with Gasteiger partial charge in [0.15, 0.2) is 11.3 Å². The number of oxazole rings is 1. The molecule has 0 spiro atoms. The van der Waals surface area contributed by atoms with Gasteiger partial charge in [0.25, 0.3) is 5.91 Å². The summed E-state index contributed by atoms with van der Waals surface area (Å²) in [6, 6.07) is 13.7. The molecule has 4 aromatic rings. The van der Waals surface area contributed by atoms with Gasteiger partial charge in [-0.15, -0.1) is 0 Å². The minimum atomic E-state index is -0.527. The Kier molecular flexibility index (Phi) is 6.51. The minimum absolute atomic E-state index is 0.156. The van der Waals surface area contributed by atoms with Crippen LogP contribution >= 0.6 is 11.6 Å². The first-order valence-corrected chi connectivity index (χ1v) is 12.0. The number of benzene rings is 2. The number of anilines is 1. The number of ether oxygens (including phenoxy) is 1. The summed E-state index contributed by atoms with van der Waals surface area (Å²) in [4.78, 5) is 38.5. The van der Waals surface area contributed by atoms with Crippen LogP contribution in [0.25, 0.3) is 27.4 Å². The number of carbonyl (C=O) groups is 2. The zero-order valence-corrected chi connectivity index (χ0v) is 20.8. The maximum atomic E-state index is 12.7. The zero-order chi connectivity index (χ0) is 26.1. The normalized spacial score (nSPS) is 15.2. The monoisotopic (exact) mass is 515 g/mol. The van der Waals surface area contributed by atoms with Crippen LogP contribution in [0.4, 0.5) is 16.3 Å². The number of pyridine rings is 1. The van der Waals surface area contributed by atoms with E-state index in [0.717, 1.165) is 5.56 Å². The Morgan fingerprint density at radius 1 is 1.24 bits per heavy atom. The molecule has 1 N–H and O–H groups in total. The lowest BCUT2D eigenvalue weighted by atomic mass is 10.0. The molecule has 2 aromatic carbocycles. The van der Waals surface area contributed by atoms with Gasteiger partial charge in [-0.25, -0.2) is 19.6 Å². The molecular weight excluding hydrogens is 494 g/mol. The highest BCUT2D eigenvalue weighted by atomic mass is 35.5. The van der Waals surface area contributed by atoms with Gasteiger partial charge in [0.1, 0.15) is 11.9 Å². The fourth-order valence-corrected chi connectivity index (χ4v) is 4.19. The molecule has 5 rings (SSSR count). The highest BCUT2D eigenvalue weighted by Gasteiger charge is 2.33. The van der Waals surface area contributed by atoms with Crippen LogP contribution in [0.2, 0.25) is 5.02 Å². The second-order valence-electron chi connectivity index (χ2n) is 8.91. The van der Waals surface area contributed by atoms with E-state index >= 15 is 0 Å². The molecule has 1 aliphatic heterocycles. The van der Waals surface area contributed by atoms with Crippen LogP contribution in [0.3, 0.4) is 0 Å². The Labute approximate surface area is 217 Å². The first kappa shape index (κ1) is 24.3. The molecule has 37 heavy (non-hydrogen) atoms. The molecule has 1 atom stereocenters. The van der Waals surface area contributed by atoms with Crippen LogP contribution < -0.4 is 10.2 Å². The average Bonchev–Trinajstić information content (AvgIpc) is 3.50. The third kappa shape index (κ3) is 4.97. The summed E-state index contributed by atoms with van der Waals surface area (Å²) < 4.78 is 11.4. The first-order valence-electron chi connectivity index (χ1n) is 11.6. The number of hydrogen-bond acceptors (Lipinski definition) is 6. The van der Waals surface area contributed by atoms with Gasteiger partial charge in [-0.2, -0.15) is 0 Å². The van der Waals surface area contributed by atoms with Crippen LogP contribution in [0.1, 0.15) is 35.7 Å². The lowest BCUT2D eigenvalue weighted by Gasteiger charge is -2.12. The van der Waals surface area contributed by atoms with Gasteiger partial charge >= 0.3 is 6.09 Å². The zero-order valence-electron chi connectivity index (χ0n) is 20.1. The van der Waals surface area contributed by atoms with Crippen LogP contribution in [0, 0.1) is 6.57 Å². The van der Waals surface area contributed by atoms with E-state index in [1.54, 1.807) is 42.5 Å². The van der Waals surface area contributed by atoms with Gasteiger partial charge in [-0.1, -0.05) is 25.4 Å². The van der Waals surface area contributed by atoms with Crippen LogP contribution in [-0.4, -0.2) is 41.2 Å². The number of carbonyl (C=O) groups excluding carboxylic acids is 2. The van der Waals surface area contributed by atoms with Crippen molar-refractivity contribution in [3.05, 3.63) is 82.3 Å². The molecule has 9 nitrogen and oxygen atoms in total. The summed E-state index contributed by atoms with van der Waals surface area (Å²) in [7, 11) is 0. The number of nitrogens with zero attached hydrogens (tertiary/aromatic N) is 4. The molecule has 0 radical (unpaired) electrons. The van der Waals surface area contributed by atoms with Crippen molar-refractivity contribution in [1.29, 1.82) is 0 Å². The summed E-state index contributed by atoms with van der Waals surface area (Å²) in [5.74, 6) is 0.723. The Bertz CT molecular complexity index is 1520. The van der Waals surface area contributed by atoms with E-state index in [9.17, 15) is 9.59 Å². The maximum absolute atomic E-state index is 12.7. The smallest absolute Gasteiger partial charge is 0.416 e. The Hall–Kier alpha value is -4.42. The number of halogens is 1. The Morgan fingerprint density at radius 2 is 2.03 bits per heavy atom. The van der Waals surface area contributed by atoms with Gasteiger partial charge in [0.2, 0.25) is 5.89 Å². The molecule has 1 unspecified atom stereocenters. The van der Waals surface area contributed by atoms with Crippen LogP contribution in [0.15, 0.2) is 59.1 Å². The first-order chi connectivity index (χ1) is 17.8. The fraction of sp³-hybridized carbons (Fsp3) is 0.222. The predicted octanol–water partition coefficient (Wildman–Crippen LogP) is 5.97. The number of aromatic nitrogens is 2. The fourth-order valence-electron chi connectivity index (χ4n) is 4.08. The molecule has 1 saturated heterocycles. The quantitative estimate of drug-likeness (QED) is 0.317. The largest absolute Gasteiger partial charge is 0.442 e. The van der Waals surface area contributed by atoms with E-state index < -0.39 is 12.2 Å². The van der Waals surface area contributed by atoms with E-state index in [1.807, 2.05) is 19.9 Å². The van der Waals surface area contributed by atoms with E-state index in [4.69, 9.17) is 27.3 Å². The third-order valence-corrected chi connectivity index (χ3v) is 6.22. The Morgan fingerprint density at radius 3 is 2.70 bits per heavy atom. The number of rotatable bonds is 6. The van der Waals surface area contributed by atoms with Crippen molar-refractivity contribution in [3.8, 4) is 11.5 Å². The number of fused-ring (bicyclic) bond motifs is 1. The maximum Gasteiger partial charge on any atom is 0.416 e. The van der Waals surface area contributed by atoms with Crippen molar-refractivity contribution >= 4 is 46.2 Å². The number of nitrogens with one attached hydrogen (secondary N) is 1. The van der Waals surface area contributed by atoms with Crippen molar-refractivity contribution in [2.45, 2.75) is 25.9 Å². The van der Waals surface area contributed by atoms with Crippen molar-refractivity contribution < 1.29 is 18.7 Å². The minimum Gasteiger partial charge on any atom is -0.442 e. The summed E-state index contributed by atoms with van der Waals surface area (Å²) in [6.07, 6.45) is 0.418. The van der Waals surface area contributed by atoms with Crippen molar-refractivity contribution in [2.24, 2.45) is 0 Å². The average molecular weight is 516 g/mol. The molecule has 0 bridgehead atoms. The highest BCUT2D eigenvalue weighted by Crippen LogP contribution is 2.34. The summed E-state index contributed by atoms with van der Waals surface area (Å²) >= 11 is 5.85. The SMILES string of the molecule is [C-]#[N+]c1cc(C(C)C)c2oc(-c3ccc(C(=O)NCC4CN(c5ccc(Cl)cn5)C(=O)O4)cc3)nc2c1. The molecule has 2 aromatic heterocycles. The molecule has 10 heteroatoms. The van der Waals surface area contributed by atoms with E-state index in [2.05, 4.69) is 20.1 Å². The lowest BCUT2D eigenvalue weighted by molar-refractivity contribution is 0.0916. The lowest BCUT2D eigenvalue weighted by Crippen LogP contribution is -2.34. The van der Waals surface area contributed by atoms with Crippen LogP contribution in [0.5, 0.6) is 0 Å². The molecule has 186 valence electrons. The number of hydrogen-bond donors (Lipinski definition) is 1. The van der Waals surface area contributed by atoms with Crippen molar-refractivity contribution in [1.82, 2.24) is 15.3 Å². The van der Waals surface area contributed by atoms with Gasteiger partial charge in [0, 0.05) is 17.3 Å². The van der Waals surface area contributed by atoms with E-state index in [1.165, 1.54) is 11.1 Å². The molecular formula is C27H22ClN5O4. The number of amides is 2. The summed E-state index contributed by atoms with van der Waals surface area (Å²) in [6.45, 7) is 11.8. The topological polar surface area (TPSA) is 102 Å². The van der Waals surface area contributed by atoms with Crippen molar-refractivity contribution in [2.75, 3.05) is 18.0 Å². The number of cyclic esters (lactones) is 1. The molecule has 1 aliphatic rings. The third-order valence-electron chi connectivity index (χ3n) is 6.00. The van der Waals surface area contributed by atoms with Crippen molar-refractivity contribution in [3.63, 3.8) is 0 Å². The summed E-state index contributed by atoms with van der Waals surface area (Å²) in [5.41, 5.74) is 3.89.